The van der Waals surface area contributed by atoms with Gasteiger partial charge in [-0.15, -0.1) is 0 Å². The molecule has 0 bridgehead atoms. The molecule has 0 aromatic heterocycles. The Hall–Kier alpha value is -1.47. The standard InChI is InChI=1S/C16H22N2O3S2/c1-10(11-5-6-13(20-2)14(9-11)21-3)18-15(19)12(7-8-23-4)17-16(18)22/h5-6,9-10,12H,7-8H2,1-4H3,(H,17,22)/t10-,12-/m1/s1. The summed E-state index contributed by atoms with van der Waals surface area (Å²) >= 11 is 7.08. The van der Waals surface area contributed by atoms with Crippen LogP contribution in [-0.4, -0.2) is 48.2 Å². The second kappa shape index (κ2) is 7.88. The van der Waals surface area contributed by atoms with Gasteiger partial charge in [0.05, 0.1) is 20.3 Å². The Balaban J connectivity index is 2.21. The first kappa shape index (κ1) is 17.9. The number of amides is 1. The van der Waals surface area contributed by atoms with E-state index in [0.717, 1.165) is 17.7 Å². The molecule has 1 aromatic carbocycles. The molecular weight excluding hydrogens is 332 g/mol. The lowest BCUT2D eigenvalue weighted by molar-refractivity contribution is -0.128. The lowest BCUT2D eigenvalue weighted by Gasteiger charge is -2.24. The quantitative estimate of drug-likeness (QED) is 0.760. The molecule has 23 heavy (non-hydrogen) atoms. The Morgan fingerprint density at radius 2 is 2.04 bits per heavy atom. The number of ether oxygens (including phenoxy) is 2. The summed E-state index contributed by atoms with van der Waals surface area (Å²) < 4.78 is 10.6. The molecule has 1 aromatic rings. The van der Waals surface area contributed by atoms with Crippen molar-refractivity contribution in [1.29, 1.82) is 0 Å². The van der Waals surface area contributed by atoms with Gasteiger partial charge in [-0.25, -0.2) is 0 Å². The van der Waals surface area contributed by atoms with Crippen LogP contribution in [0.15, 0.2) is 18.2 Å². The van der Waals surface area contributed by atoms with Gasteiger partial charge in [0, 0.05) is 0 Å². The molecule has 1 saturated heterocycles. The number of methoxy groups -OCH3 is 2. The van der Waals surface area contributed by atoms with Gasteiger partial charge in [0.2, 0.25) is 0 Å². The van der Waals surface area contributed by atoms with Crippen LogP contribution >= 0.6 is 24.0 Å². The number of carbonyl (C=O) groups excluding carboxylic acids is 1. The summed E-state index contributed by atoms with van der Waals surface area (Å²) in [5.41, 5.74) is 0.950. The predicted octanol–water partition coefficient (Wildman–Crippen LogP) is 2.60. The maximum atomic E-state index is 12.6. The lowest BCUT2D eigenvalue weighted by atomic mass is 10.1. The van der Waals surface area contributed by atoms with Crippen LogP contribution in [-0.2, 0) is 4.79 Å². The summed E-state index contributed by atoms with van der Waals surface area (Å²) in [7, 11) is 3.19. The molecule has 0 spiro atoms. The first-order valence-electron chi connectivity index (χ1n) is 7.37. The maximum absolute atomic E-state index is 12.6. The molecule has 126 valence electrons. The van der Waals surface area contributed by atoms with E-state index in [1.54, 1.807) is 30.9 Å². The Bertz CT molecular complexity index is 595. The molecule has 0 unspecified atom stereocenters. The third kappa shape index (κ3) is 3.72. The van der Waals surface area contributed by atoms with Crippen LogP contribution in [0, 0.1) is 0 Å². The van der Waals surface area contributed by atoms with E-state index in [4.69, 9.17) is 21.7 Å². The summed E-state index contributed by atoms with van der Waals surface area (Å²) in [6.07, 6.45) is 2.80. The largest absolute Gasteiger partial charge is 0.493 e. The van der Waals surface area contributed by atoms with Gasteiger partial charge in [0.15, 0.2) is 16.6 Å². The van der Waals surface area contributed by atoms with Gasteiger partial charge in [-0.3, -0.25) is 9.69 Å². The van der Waals surface area contributed by atoms with Gasteiger partial charge in [-0.05, 0) is 55.3 Å². The molecule has 0 radical (unpaired) electrons. The number of thiocarbonyl (C=S) groups is 1. The number of nitrogens with one attached hydrogen (secondary N) is 1. The number of hydrogen-bond donors (Lipinski definition) is 1. The van der Waals surface area contributed by atoms with Gasteiger partial charge in [-0.2, -0.15) is 11.8 Å². The van der Waals surface area contributed by atoms with Crippen LogP contribution < -0.4 is 14.8 Å². The third-order valence-electron chi connectivity index (χ3n) is 3.94. The molecule has 7 heteroatoms. The minimum Gasteiger partial charge on any atom is -0.493 e. The average Bonchev–Trinajstić information content (AvgIpc) is 2.85. The minimum atomic E-state index is -0.224. The SMILES string of the molecule is COc1ccc([C@@H](C)N2C(=O)[C@@H](CCSC)NC2=S)cc1OC. The first-order chi connectivity index (χ1) is 11.0. The van der Waals surface area contributed by atoms with E-state index >= 15 is 0 Å². The van der Waals surface area contributed by atoms with E-state index in [9.17, 15) is 4.79 Å². The van der Waals surface area contributed by atoms with Gasteiger partial charge in [0.1, 0.15) is 6.04 Å². The highest BCUT2D eigenvalue weighted by molar-refractivity contribution is 7.98. The fourth-order valence-electron chi connectivity index (χ4n) is 2.61. The second-order valence-electron chi connectivity index (χ2n) is 5.28. The molecule has 1 heterocycles. The van der Waals surface area contributed by atoms with Crippen LogP contribution in [0.3, 0.4) is 0 Å². The number of hydrogen-bond acceptors (Lipinski definition) is 5. The molecule has 1 aliphatic rings. The van der Waals surface area contributed by atoms with Crippen molar-refractivity contribution in [1.82, 2.24) is 10.2 Å². The lowest BCUT2D eigenvalue weighted by Crippen LogP contribution is -2.34. The molecule has 0 saturated carbocycles. The highest BCUT2D eigenvalue weighted by Crippen LogP contribution is 2.33. The summed E-state index contributed by atoms with van der Waals surface area (Å²) in [5.74, 6) is 2.26. The van der Waals surface area contributed by atoms with E-state index in [0.29, 0.717) is 16.6 Å². The number of carbonyl (C=O) groups is 1. The van der Waals surface area contributed by atoms with E-state index < -0.39 is 0 Å². The van der Waals surface area contributed by atoms with Crippen molar-refractivity contribution in [2.24, 2.45) is 0 Å². The summed E-state index contributed by atoms with van der Waals surface area (Å²) in [5, 5.41) is 3.62. The molecule has 1 fully saturated rings. The predicted molar refractivity (Wildman–Crippen MR) is 97.3 cm³/mol. The Morgan fingerprint density at radius 3 is 2.65 bits per heavy atom. The van der Waals surface area contributed by atoms with E-state index in [1.165, 1.54) is 0 Å². The summed E-state index contributed by atoms with van der Waals surface area (Å²) in [4.78, 5) is 14.3. The van der Waals surface area contributed by atoms with E-state index in [1.807, 2.05) is 31.4 Å². The highest BCUT2D eigenvalue weighted by atomic mass is 32.2. The van der Waals surface area contributed by atoms with Crippen molar-refractivity contribution in [3.05, 3.63) is 23.8 Å². The van der Waals surface area contributed by atoms with Crippen molar-refractivity contribution >= 4 is 35.0 Å². The molecule has 1 aliphatic heterocycles. The molecule has 5 nitrogen and oxygen atoms in total. The number of rotatable bonds is 7. The van der Waals surface area contributed by atoms with Crippen LogP contribution in [0.4, 0.5) is 0 Å². The van der Waals surface area contributed by atoms with Crippen molar-refractivity contribution in [3.63, 3.8) is 0 Å². The zero-order valence-electron chi connectivity index (χ0n) is 13.8. The Morgan fingerprint density at radius 1 is 1.35 bits per heavy atom. The second-order valence-corrected chi connectivity index (χ2v) is 6.65. The summed E-state index contributed by atoms with van der Waals surface area (Å²) in [6.45, 7) is 1.96. The number of thioether (sulfide) groups is 1. The average molecular weight is 354 g/mol. The fraction of sp³-hybridized carbons (Fsp3) is 0.500. The maximum Gasteiger partial charge on any atom is 0.251 e. The number of nitrogens with zero attached hydrogens (tertiary/aromatic N) is 1. The molecular formula is C16H22N2O3S2. The zero-order valence-corrected chi connectivity index (χ0v) is 15.4. The zero-order chi connectivity index (χ0) is 17.0. The smallest absolute Gasteiger partial charge is 0.251 e. The Labute approximate surface area is 146 Å². The van der Waals surface area contributed by atoms with Crippen molar-refractivity contribution in [3.8, 4) is 11.5 Å². The Kier molecular flexibility index (Phi) is 6.12. The fourth-order valence-corrected chi connectivity index (χ4v) is 3.47. The van der Waals surface area contributed by atoms with E-state index in [-0.39, 0.29) is 18.0 Å². The van der Waals surface area contributed by atoms with E-state index in [2.05, 4.69) is 5.32 Å². The van der Waals surface area contributed by atoms with Gasteiger partial charge < -0.3 is 14.8 Å². The minimum absolute atomic E-state index is 0.0336. The highest BCUT2D eigenvalue weighted by Gasteiger charge is 2.38. The van der Waals surface area contributed by atoms with Gasteiger partial charge in [0.25, 0.3) is 5.91 Å². The van der Waals surface area contributed by atoms with Gasteiger partial charge in [-0.1, -0.05) is 6.07 Å². The molecule has 2 rings (SSSR count). The van der Waals surface area contributed by atoms with Crippen LogP contribution in [0.25, 0.3) is 0 Å². The van der Waals surface area contributed by atoms with Crippen molar-refractivity contribution < 1.29 is 14.3 Å². The normalized spacial score (nSPS) is 18.8. The van der Waals surface area contributed by atoms with Crippen molar-refractivity contribution in [2.45, 2.75) is 25.4 Å². The topological polar surface area (TPSA) is 50.8 Å². The van der Waals surface area contributed by atoms with Crippen LogP contribution in [0.1, 0.15) is 24.9 Å². The van der Waals surface area contributed by atoms with Crippen LogP contribution in [0.5, 0.6) is 11.5 Å². The van der Waals surface area contributed by atoms with Crippen LogP contribution in [0.2, 0.25) is 0 Å². The molecule has 1 N–H and O–H groups in total. The van der Waals surface area contributed by atoms with Gasteiger partial charge >= 0.3 is 0 Å². The summed E-state index contributed by atoms with van der Waals surface area (Å²) in [6, 6.07) is 5.26. The first-order valence-corrected chi connectivity index (χ1v) is 9.18. The third-order valence-corrected chi connectivity index (χ3v) is 4.90. The van der Waals surface area contributed by atoms with Crippen molar-refractivity contribution in [2.75, 3.05) is 26.2 Å². The molecule has 1 amide bonds. The molecule has 2 atom stereocenters. The number of benzene rings is 1. The monoisotopic (exact) mass is 354 g/mol. The molecule has 0 aliphatic carbocycles.